The molecule has 9 heteroatoms. The number of para-hydroxylation sites is 2. The van der Waals surface area contributed by atoms with Crippen LogP contribution in [0.4, 0.5) is 16.4 Å². The third-order valence-corrected chi connectivity index (χ3v) is 6.32. The minimum atomic E-state index is -0.899. The molecule has 3 heterocycles. The number of nitrogens with one attached hydrogen (secondary N) is 2. The highest BCUT2D eigenvalue weighted by Crippen LogP contribution is 2.39. The van der Waals surface area contributed by atoms with Crippen LogP contribution in [0.3, 0.4) is 0 Å². The molecule has 3 N–H and O–H groups in total. The van der Waals surface area contributed by atoms with Gasteiger partial charge in [-0.05, 0) is 32.2 Å². The van der Waals surface area contributed by atoms with Crippen molar-refractivity contribution in [1.82, 2.24) is 15.1 Å². The third kappa shape index (κ3) is 4.49. The van der Waals surface area contributed by atoms with Gasteiger partial charge in [-0.2, -0.15) is 0 Å². The minimum absolute atomic E-state index is 0.152. The molecule has 4 rings (SSSR count). The van der Waals surface area contributed by atoms with E-state index in [1.807, 2.05) is 18.2 Å². The number of benzene rings is 1. The van der Waals surface area contributed by atoms with Gasteiger partial charge in [0.05, 0.1) is 30.3 Å². The Balaban J connectivity index is 1.42. The monoisotopic (exact) mass is 429 g/mol. The minimum Gasteiger partial charge on any atom is -0.480 e. The third-order valence-electron chi connectivity index (χ3n) is 5.35. The number of amidine groups is 1. The zero-order valence-electron chi connectivity index (χ0n) is 17.2. The number of likely N-dealkylation sites (N-methyl/N-ethyl adjacent to an activating group) is 1. The lowest BCUT2D eigenvalue weighted by Crippen LogP contribution is -2.50. The lowest BCUT2D eigenvalue weighted by molar-refractivity contribution is -0.141. The van der Waals surface area contributed by atoms with Gasteiger partial charge in [0.2, 0.25) is 0 Å². The standard InChI is InChI=1S/C21H27N5O3S/c1-14-11-15-19(23-16-5-3-4-6-17(16)24-20(15)30-14)26-9-7-25(8-10-26)13-29-12-18(22-2)21(27)28/h3-6,11,18,22,24H,7-10,12-13H2,1-2H3,(H,27,28). The Morgan fingerprint density at radius 3 is 2.83 bits per heavy atom. The number of piperazine rings is 1. The predicted octanol–water partition coefficient (Wildman–Crippen LogP) is 2.46. The maximum atomic E-state index is 11.1. The summed E-state index contributed by atoms with van der Waals surface area (Å²) < 4.78 is 5.62. The molecule has 1 aromatic heterocycles. The molecular formula is C21H27N5O3S. The van der Waals surface area contributed by atoms with Gasteiger partial charge in [0.25, 0.3) is 0 Å². The Labute approximate surface area is 180 Å². The van der Waals surface area contributed by atoms with E-state index in [9.17, 15) is 4.79 Å². The molecule has 0 aliphatic carbocycles. The smallest absolute Gasteiger partial charge is 0.323 e. The molecule has 8 nitrogen and oxygen atoms in total. The van der Waals surface area contributed by atoms with Gasteiger partial charge < -0.3 is 25.4 Å². The molecule has 0 spiro atoms. The number of thiophene rings is 1. The van der Waals surface area contributed by atoms with Crippen LogP contribution in [0, 0.1) is 6.92 Å². The van der Waals surface area contributed by atoms with Crippen molar-refractivity contribution >= 4 is 39.5 Å². The number of aryl methyl sites for hydroxylation is 1. The van der Waals surface area contributed by atoms with Crippen LogP contribution in [0.2, 0.25) is 0 Å². The van der Waals surface area contributed by atoms with Gasteiger partial charge in [0.15, 0.2) is 0 Å². The van der Waals surface area contributed by atoms with Crippen LogP contribution in [-0.4, -0.2) is 79.3 Å². The maximum absolute atomic E-state index is 11.1. The molecule has 0 bridgehead atoms. The molecule has 0 amide bonds. The molecule has 0 saturated carbocycles. The van der Waals surface area contributed by atoms with Gasteiger partial charge in [-0.25, -0.2) is 4.99 Å². The average Bonchev–Trinajstić information content (AvgIpc) is 3.03. The van der Waals surface area contributed by atoms with Gasteiger partial charge in [-0.15, -0.1) is 11.3 Å². The summed E-state index contributed by atoms with van der Waals surface area (Å²) in [5.41, 5.74) is 3.13. The Bertz CT molecular complexity index is 936. The van der Waals surface area contributed by atoms with Gasteiger partial charge in [0.1, 0.15) is 16.9 Å². The van der Waals surface area contributed by atoms with Crippen LogP contribution in [0.15, 0.2) is 35.3 Å². The maximum Gasteiger partial charge on any atom is 0.323 e. The number of nitrogens with zero attached hydrogens (tertiary/aromatic N) is 3. The molecule has 2 aliphatic heterocycles. The summed E-state index contributed by atoms with van der Waals surface area (Å²) >= 11 is 1.75. The fourth-order valence-corrected chi connectivity index (χ4v) is 4.57. The first-order valence-corrected chi connectivity index (χ1v) is 10.9. The summed E-state index contributed by atoms with van der Waals surface area (Å²) in [5.74, 6) is 0.109. The molecule has 1 atom stereocenters. The number of rotatable bonds is 6. The number of aliphatic carboxylic acids is 1. The summed E-state index contributed by atoms with van der Waals surface area (Å²) in [6, 6.07) is 9.66. The van der Waals surface area contributed by atoms with E-state index in [2.05, 4.69) is 39.5 Å². The topological polar surface area (TPSA) is 89.4 Å². The van der Waals surface area contributed by atoms with Gasteiger partial charge in [-0.1, -0.05) is 12.1 Å². The molecule has 2 aliphatic rings. The van der Waals surface area contributed by atoms with Crippen molar-refractivity contribution in [2.24, 2.45) is 4.99 Å². The average molecular weight is 430 g/mol. The van der Waals surface area contributed by atoms with E-state index in [1.165, 1.54) is 4.88 Å². The van der Waals surface area contributed by atoms with Crippen molar-refractivity contribution in [2.45, 2.75) is 13.0 Å². The number of hydrogen-bond donors (Lipinski definition) is 3. The van der Waals surface area contributed by atoms with E-state index < -0.39 is 12.0 Å². The molecule has 1 aromatic carbocycles. The number of carboxylic acids is 1. The number of carboxylic acid groups (broad SMARTS) is 1. The van der Waals surface area contributed by atoms with E-state index in [0.29, 0.717) is 6.73 Å². The Morgan fingerprint density at radius 2 is 2.10 bits per heavy atom. The zero-order chi connectivity index (χ0) is 21.1. The van der Waals surface area contributed by atoms with Crippen molar-refractivity contribution < 1.29 is 14.6 Å². The zero-order valence-corrected chi connectivity index (χ0v) is 18.0. The van der Waals surface area contributed by atoms with Crippen molar-refractivity contribution in [3.63, 3.8) is 0 Å². The molecule has 30 heavy (non-hydrogen) atoms. The van der Waals surface area contributed by atoms with E-state index in [-0.39, 0.29) is 6.61 Å². The summed E-state index contributed by atoms with van der Waals surface area (Å²) in [6.07, 6.45) is 0. The number of fused-ring (bicyclic) bond motifs is 2. The molecule has 2 aromatic rings. The highest BCUT2D eigenvalue weighted by molar-refractivity contribution is 7.16. The number of aliphatic imine (C=N–C) groups is 1. The van der Waals surface area contributed by atoms with E-state index in [4.69, 9.17) is 14.8 Å². The molecular weight excluding hydrogens is 402 g/mol. The quantitative estimate of drug-likeness (QED) is 0.650. The van der Waals surface area contributed by atoms with E-state index in [1.54, 1.807) is 18.4 Å². The summed E-state index contributed by atoms with van der Waals surface area (Å²) in [5, 5.41) is 16.5. The molecule has 1 unspecified atom stereocenters. The summed E-state index contributed by atoms with van der Waals surface area (Å²) in [4.78, 5) is 21.9. The van der Waals surface area contributed by atoms with E-state index >= 15 is 0 Å². The van der Waals surface area contributed by atoms with Gasteiger partial charge >= 0.3 is 5.97 Å². The summed E-state index contributed by atoms with van der Waals surface area (Å²) in [6.45, 7) is 6.06. The molecule has 1 fully saturated rings. The normalized spacial score (nSPS) is 17.4. The number of hydrogen-bond acceptors (Lipinski definition) is 8. The van der Waals surface area contributed by atoms with Crippen molar-refractivity contribution in [3.05, 3.63) is 40.8 Å². The first-order valence-electron chi connectivity index (χ1n) is 10.1. The first kappa shape index (κ1) is 20.8. The van der Waals surface area contributed by atoms with Gasteiger partial charge in [-0.3, -0.25) is 9.69 Å². The summed E-state index contributed by atoms with van der Waals surface area (Å²) in [7, 11) is 1.63. The molecule has 160 valence electrons. The first-order chi connectivity index (χ1) is 14.5. The molecule has 1 saturated heterocycles. The van der Waals surface area contributed by atoms with Crippen molar-refractivity contribution in [2.75, 3.05) is 51.9 Å². The van der Waals surface area contributed by atoms with Crippen LogP contribution in [0.1, 0.15) is 10.4 Å². The lowest BCUT2D eigenvalue weighted by atomic mass is 10.2. The largest absolute Gasteiger partial charge is 0.480 e. The number of anilines is 2. The van der Waals surface area contributed by atoms with Crippen molar-refractivity contribution in [3.8, 4) is 0 Å². The van der Waals surface area contributed by atoms with E-state index in [0.717, 1.165) is 54.0 Å². The predicted molar refractivity (Wildman–Crippen MR) is 119 cm³/mol. The highest BCUT2D eigenvalue weighted by atomic mass is 32.1. The molecule has 0 radical (unpaired) electrons. The van der Waals surface area contributed by atoms with Crippen LogP contribution in [-0.2, 0) is 9.53 Å². The van der Waals surface area contributed by atoms with Crippen molar-refractivity contribution in [1.29, 1.82) is 0 Å². The second-order valence-electron chi connectivity index (χ2n) is 7.46. The second kappa shape index (κ2) is 9.13. The fraction of sp³-hybridized carbons (Fsp3) is 0.429. The lowest BCUT2D eigenvalue weighted by Gasteiger charge is -2.36. The van der Waals surface area contributed by atoms with Crippen LogP contribution in [0.5, 0.6) is 0 Å². The number of carbonyl (C=O) groups is 1. The fourth-order valence-electron chi connectivity index (χ4n) is 3.65. The Kier molecular flexibility index (Phi) is 6.33. The number of ether oxygens (including phenoxy) is 1. The van der Waals surface area contributed by atoms with Crippen LogP contribution in [0.25, 0.3) is 0 Å². The SMILES string of the molecule is CNC(COCN1CCN(C2=Nc3ccccc3Nc3sc(C)cc32)CC1)C(=O)O. The Hall–Kier alpha value is -2.46. The van der Waals surface area contributed by atoms with Crippen LogP contribution >= 0.6 is 11.3 Å². The highest BCUT2D eigenvalue weighted by Gasteiger charge is 2.26. The Morgan fingerprint density at radius 1 is 1.33 bits per heavy atom. The second-order valence-corrected chi connectivity index (χ2v) is 8.72. The van der Waals surface area contributed by atoms with Gasteiger partial charge in [0, 0.05) is 31.1 Å². The van der Waals surface area contributed by atoms with Crippen LogP contribution < -0.4 is 10.6 Å².